The van der Waals surface area contributed by atoms with Crippen molar-refractivity contribution in [2.24, 2.45) is 29.4 Å². The van der Waals surface area contributed by atoms with Crippen molar-refractivity contribution in [2.45, 2.75) is 69.8 Å². The molecule has 4 N–H and O–H groups in total. The van der Waals surface area contributed by atoms with Gasteiger partial charge in [-0.15, -0.1) is 0 Å². The third kappa shape index (κ3) is 3.85. The van der Waals surface area contributed by atoms with Crippen molar-refractivity contribution in [2.75, 3.05) is 21.2 Å². The third-order valence-corrected chi connectivity index (χ3v) is 9.78. The van der Waals surface area contributed by atoms with E-state index in [1.54, 1.807) is 14.1 Å². The van der Waals surface area contributed by atoms with Gasteiger partial charge in [0, 0.05) is 35.7 Å². The first-order valence-electron chi connectivity index (χ1n) is 13.8. The van der Waals surface area contributed by atoms with Gasteiger partial charge in [0.15, 0.2) is 34.7 Å². The maximum Gasteiger partial charge on any atom is 0.235 e. The van der Waals surface area contributed by atoms with Gasteiger partial charge in [0.1, 0.15) is 11.5 Å². The van der Waals surface area contributed by atoms with E-state index < -0.39 is 64.4 Å². The Kier molecular flexibility index (Phi) is 6.91. The number of likely N-dealkylation sites (tertiary alicyclic amines) is 1. The third-order valence-electron chi connectivity index (χ3n) is 9.78. The van der Waals surface area contributed by atoms with E-state index in [1.165, 1.54) is 18.1 Å². The van der Waals surface area contributed by atoms with Crippen LogP contribution in [0, 0.1) is 23.7 Å². The van der Waals surface area contributed by atoms with E-state index in [9.17, 15) is 34.2 Å². The van der Waals surface area contributed by atoms with E-state index in [4.69, 9.17) is 10.5 Å². The number of hydrogen-bond acceptors (Lipinski definition) is 10. The predicted octanol–water partition coefficient (Wildman–Crippen LogP) is 0.248. The Labute approximate surface area is 232 Å². The molecule has 11 nitrogen and oxygen atoms in total. The molecule has 1 aromatic rings. The van der Waals surface area contributed by atoms with Crippen molar-refractivity contribution >= 4 is 29.0 Å². The molecule has 0 radical (unpaired) electrons. The average molecular weight is 556 g/mol. The molecule has 2 saturated carbocycles. The number of primary amides is 1. The van der Waals surface area contributed by atoms with E-state index in [0.29, 0.717) is 29.9 Å². The number of Topliss-reactive ketones (excluding diaryl/α,β-unsaturated/α-hetero) is 4. The fourth-order valence-electron chi connectivity index (χ4n) is 7.85. The van der Waals surface area contributed by atoms with Gasteiger partial charge in [-0.2, -0.15) is 0 Å². The summed E-state index contributed by atoms with van der Waals surface area (Å²) >= 11 is 0. The number of amides is 1. The summed E-state index contributed by atoms with van der Waals surface area (Å²) in [6, 6.07) is 1.03. The molecule has 40 heavy (non-hydrogen) atoms. The van der Waals surface area contributed by atoms with E-state index in [-0.39, 0.29) is 24.2 Å². The number of benzene rings is 1. The minimum atomic E-state index is -2.74. The lowest BCUT2D eigenvalue weighted by Crippen LogP contribution is -2.74. The predicted molar refractivity (Wildman–Crippen MR) is 142 cm³/mol. The van der Waals surface area contributed by atoms with Crippen LogP contribution in [-0.4, -0.2) is 94.0 Å². The van der Waals surface area contributed by atoms with Crippen LogP contribution < -0.4 is 10.5 Å². The van der Waals surface area contributed by atoms with Crippen molar-refractivity contribution < 1.29 is 38.9 Å². The molecule has 8 atom stereocenters. The molecule has 0 aromatic heterocycles. The number of likely N-dealkylation sites (N-methyl/N-ethyl adjacent to an activating group) is 1. The van der Waals surface area contributed by atoms with Crippen molar-refractivity contribution in [3.05, 3.63) is 22.8 Å². The summed E-state index contributed by atoms with van der Waals surface area (Å²) in [6.45, 7) is 4.80. The number of phenolic OH excluding ortho intramolecular Hbond substituents is 1. The highest BCUT2D eigenvalue weighted by molar-refractivity contribution is 6.32. The maximum atomic E-state index is 13.9. The lowest BCUT2D eigenvalue weighted by atomic mass is 9.52. The van der Waals surface area contributed by atoms with Gasteiger partial charge >= 0.3 is 0 Å². The Morgan fingerprint density at radius 3 is 2.33 bits per heavy atom. The summed E-state index contributed by atoms with van der Waals surface area (Å²) in [4.78, 5) is 70.3. The van der Waals surface area contributed by atoms with Crippen LogP contribution in [0.4, 0.5) is 0 Å². The number of ketones is 4. The number of nitrogens with zero attached hydrogens (tertiary/aromatic N) is 2. The normalized spacial score (nSPS) is 35.9. The molecule has 4 aliphatic rings. The van der Waals surface area contributed by atoms with Gasteiger partial charge in [0.05, 0.1) is 24.6 Å². The number of aliphatic hydroxyl groups is 1. The Morgan fingerprint density at radius 1 is 1.15 bits per heavy atom. The molecule has 2 unspecified atom stereocenters. The fraction of sp³-hybridized carbons (Fsp3) is 0.621. The van der Waals surface area contributed by atoms with E-state index in [2.05, 4.69) is 18.7 Å². The van der Waals surface area contributed by atoms with Gasteiger partial charge in [-0.3, -0.25) is 33.8 Å². The first-order valence-corrected chi connectivity index (χ1v) is 13.8. The van der Waals surface area contributed by atoms with Gasteiger partial charge < -0.3 is 20.7 Å². The van der Waals surface area contributed by atoms with Crippen molar-refractivity contribution in [1.82, 2.24) is 9.80 Å². The summed E-state index contributed by atoms with van der Waals surface area (Å²) in [5, 5.41) is 22.8. The number of hydrogen-bond donors (Lipinski definition) is 3. The summed E-state index contributed by atoms with van der Waals surface area (Å²) in [5.74, 6) is -10.1. The van der Waals surface area contributed by atoms with Gasteiger partial charge in [-0.1, -0.05) is 0 Å². The van der Waals surface area contributed by atoms with Crippen molar-refractivity contribution in [1.29, 1.82) is 0 Å². The monoisotopic (exact) mass is 555 g/mol. The van der Waals surface area contributed by atoms with Crippen molar-refractivity contribution in [3.8, 4) is 11.5 Å². The van der Waals surface area contributed by atoms with Crippen LogP contribution in [-0.2, 0) is 32.1 Å². The molecule has 3 fully saturated rings. The molecule has 5 rings (SSSR count). The molecule has 1 saturated heterocycles. The van der Waals surface area contributed by atoms with Gasteiger partial charge in [-0.25, -0.2) is 0 Å². The summed E-state index contributed by atoms with van der Waals surface area (Å²) < 4.78 is 5.80. The number of fused-ring (bicyclic) bond motifs is 3. The molecule has 11 heteroatoms. The molecule has 1 aromatic carbocycles. The first-order chi connectivity index (χ1) is 18.7. The Bertz CT molecular complexity index is 1310. The maximum absolute atomic E-state index is 13.9. The highest BCUT2D eigenvalue weighted by Crippen LogP contribution is 2.52. The van der Waals surface area contributed by atoms with Crippen LogP contribution in [0.3, 0.4) is 0 Å². The van der Waals surface area contributed by atoms with Crippen LogP contribution in [0.15, 0.2) is 6.07 Å². The van der Waals surface area contributed by atoms with Crippen LogP contribution >= 0.6 is 0 Å². The van der Waals surface area contributed by atoms with E-state index >= 15 is 0 Å². The number of nitrogens with two attached hydrogens (primary N) is 1. The van der Waals surface area contributed by atoms with Gasteiger partial charge in [0.25, 0.3) is 0 Å². The largest absolute Gasteiger partial charge is 0.507 e. The number of rotatable bonds is 5. The van der Waals surface area contributed by atoms with Crippen molar-refractivity contribution in [3.63, 3.8) is 0 Å². The second-order valence-electron chi connectivity index (χ2n) is 12.2. The standard InChI is InChI=1S/C29H37N3O8/c1-12-6-7-13(2)32(12)11-15-10-18(33)20-16(25(15)40-5)8-14-9-17-22(31(3)4)24(35)21(28(30)38)27(37)29(17,39)26(36)19(14)23(20)34/h10,12-14,17,19,21-22,33,39H,6-9,11H2,1-5H3,(H2,30,38)/t12-,13-,14+,17+,19?,21?,22+,29+/m1/s1. The zero-order valence-corrected chi connectivity index (χ0v) is 23.5. The zero-order chi connectivity index (χ0) is 29.4. The molecule has 0 spiro atoms. The molecular formula is C29H37N3O8. The SMILES string of the molecule is COc1c(CN2[C@H](C)CC[C@H]2C)cc(O)c2c1C[C@H]1C[C@H]3[C@H](N(C)C)C(=O)C(C(N)=O)C(=O)[C@@]3(O)C(=O)C1C2=O. The minimum Gasteiger partial charge on any atom is -0.507 e. The van der Waals surface area contributed by atoms with E-state index in [1.807, 2.05) is 0 Å². The lowest BCUT2D eigenvalue weighted by molar-refractivity contribution is -0.181. The average Bonchev–Trinajstić information content (AvgIpc) is 3.18. The Balaban J connectivity index is 1.60. The van der Waals surface area contributed by atoms with Gasteiger partial charge in [-0.05, 0) is 65.6 Å². The lowest BCUT2D eigenvalue weighted by Gasteiger charge is -2.52. The summed E-state index contributed by atoms with van der Waals surface area (Å²) in [6.07, 6.45) is 2.27. The number of aromatic hydroxyl groups is 1. The highest BCUT2D eigenvalue weighted by Gasteiger charge is 2.69. The molecule has 1 heterocycles. The number of phenols is 1. The quantitative estimate of drug-likeness (QED) is 0.428. The molecule has 0 bridgehead atoms. The summed E-state index contributed by atoms with van der Waals surface area (Å²) in [7, 11) is 4.61. The van der Waals surface area contributed by atoms with Gasteiger partial charge in [0.2, 0.25) is 5.91 Å². The molecule has 1 aliphatic heterocycles. The van der Waals surface area contributed by atoms with Crippen LogP contribution in [0.25, 0.3) is 0 Å². The second kappa shape index (κ2) is 9.74. The smallest absolute Gasteiger partial charge is 0.235 e. The highest BCUT2D eigenvalue weighted by atomic mass is 16.5. The molecular weight excluding hydrogens is 518 g/mol. The molecule has 216 valence electrons. The zero-order valence-electron chi connectivity index (χ0n) is 23.5. The number of ether oxygens (including phenoxy) is 1. The topological polar surface area (TPSA) is 168 Å². The van der Waals surface area contributed by atoms with Crippen LogP contribution in [0.1, 0.15) is 54.6 Å². The van der Waals surface area contributed by atoms with Crippen LogP contribution in [0.2, 0.25) is 0 Å². The fourth-order valence-corrected chi connectivity index (χ4v) is 7.85. The summed E-state index contributed by atoms with van der Waals surface area (Å²) in [5.41, 5.74) is 3.77. The molecule has 3 aliphatic carbocycles. The first kappa shape index (κ1) is 28.4. The molecule has 1 amide bonds. The minimum absolute atomic E-state index is 0.00175. The Hall–Kier alpha value is -3.15. The van der Waals surface area contributed by atoms with Crippen LogP contribution in [0.5, 0.6) is 11.5 Å². The van der Waals surface area contributed by atoms with E-state index in [0.717, 1.165) is 18.4 Å². The Morgan fingerprint density at radius 2 is 1.77 bits per heavy atom. The number of carbonyl (C=O) groups is 5. The second-order valence-corrected chi connectivity index (χ2v) is 12.2. The number of methoxy groups -OCH3 is 1. The number of carbonyl (C=O) groups excluding carboxylic acids is 5.